The third kappa shape index (κ3) is 6.00. The maximum Gasteiger partial charge on any atom is 0.0831 e. The number of benzene rings is 1. The van der Waals surface area contributed by atoms with Crippen molar-refractivity contribution in [1.29, 1.82) is 0 Å². The highest BCUT2D eigenvalue weighted by molar-refractivity contribution is 6.18. The minimum absolute atomic E-state index is 0.572. The Balaban J connectivity index is 1.96. The summed E-state index contributed by atoms with van der Waals surface area (Å²) < 4.78 is 0. The molecule has 120 valence electrons. The van der Waals surface area contributed by atoms with Gasteiger partial charge >= 0.3 is 0 Å². The molecule has 0 radical (unpaired) electrons. The summed E-state index contributed by atoms with van der Waals surface area (Å²) in [6, 6.07) is 13.7. The van der Waals surface area contributed by atoms with Gasteiger partial charge in [-0.1, -0.05) is 18.2 Å². The van der Waals surface area contributed by atoms with Gasteiger partial charge in [0.15, 0.2) is 0 Å². The van der Waals surface area contributed by atoms with Crippen LogP contribution in [-0.2, 0) is 0 Å². The largest absolute Gasteiger partial charge is 0.369 e. The molecule has 0 aliphatic heterocycles. The van der Waals surface area contributed by atoms with E-state index in [0.717, 1.165) is 30.0 Å². The highest BCUT2D eigenvalue weighted by Gasteiger charge is 2.04. The van der Waals surface area contributed by atoms with Crippen LogP contribution < -0.4 is 4.90 Å². The van der Waals surface area contributed by atoms with Gasteiger partial charge < -0.3 is 4.90 Å². The number of alkyl halides is 2. The van der Waals surface area contributed by atoms with Gasteiger partial charge in [0, 0.05) is 36.7 Å². The number of rotatable bonds is 8. The lowest BCUT2D eigenvalue weighted by Crippen LogP contribution is -2.27. The van der Waals surface area contributed by atoms with Gasteiger partial charge in [-0.05, 0) is 29.8 Å². The fraction of sp³-hybridized carbons (Fsp3) is 0.235. The van der Waals surface area contributed by atoms with Crippen LogP contribution >= 0.6 is 23.2 Å². The Kier molecular flexibility index (Phi) is 7.57. The minimum Gasteiger partial charge on any atom is -0.369 e. The van der Waals surface area contributed by atoms with Crippen LogP contribution in [-0.4, -0.2) is 42.3 Å². The fourth-order valence-corrected chi connectivity index (χ4v) is 2.40. The molecule has 0 bridgehead atoms. The summed E-state index contributed by atoms with van der Waals surface area (Å²) in [6.45, 7) is 1.55. The van der Waals surface area contributed by atoms with Crippen molar-refractivity contribution in [3.05, 3.63) is 59.9 Å². The highest BCUT2D eigenvalue weighted by atomic mass is 35.5. The van der Waals surface area contributed by atoms with Crippen molar-refractivity contribution in [2.24, 2.45) is 10.2 Å². The van der Waals surface area contributed by atoms with Gasteiger partial charge in [0.2, 0.25) is 0 Å². The van der Waals surface area contributed by atoms with Crippen molar-refractivity contribution in [2.75, 3.05) is 29.7 Å². The molecule has 6 heteroatoms. The summed E-state index contributed by atoms with van der Waals surface area (Å²) in [5.74, 6) is 1.14. The SMILES string of the molecule is ClCCN(CCCl)c1ccc(/C=N/N=C/c2ccccn2)cc1. The van der Waals surface area contributed by atoms with Gasteiger partial charge in [0.1, 0.15) is 0 Å². The summed E-state index contributed by atoms with van der Waals surface area (Å²) in [5.41, 5.74) is 2.85. The lowest BCUT2D eigenvalue weighted by molar-refractivity contribution is 0.874. The quantitative estimate of drug-likeness (QED) is 0.413. The van der Waals surface area contributed by atoms with Crippen LogP contribution in [0.4, 0.5) is 5.69 Å². The molecule has 4 nitrogen and oxygen atoms in total. The summed E-state index contributed by atoms with van der Waals surface area (Å²) in [5, 5.41) is 8.02. The number of aromatic nitrogens is 1. The number of anilines is 1. The molecule has 0 atom stereocenters. The highest BCUT2D eigenvalue weighted by Crippen LogP contribution is 2.15. The zero-order valence-corrected chi connectivity index (χ0v) is 14.2. The van der Waals surface area contributed by atoms with Crippen molar-refractivity contribution in [2.45, 2.75) is 0 Å². The molecule has 0 N–H and O–H groups in total. The molecule has 0 aliphatic carbocycles. The predicted octanol–water partition coefficient (Wildman–Crippen LogP) is 3.82. The number of halogens is 2. The molecule has 23 heavy (non-hydrogen) atoms. The van der Waals surface area contributed by atoms with Gasteiger partial charge in [-0.15, -0.1) is 23.2 Å². The van der Waals surface area contributed by atoms with Gasteiger partial charge in [0.25, 0.3) is 0 Å². The van der Waals surface area contributed by atoms with Gasteiger partial charge in [-0.2, -0.15) is 10.2 Å². The average Bonchev–Trinajstić information content (AvgIpc) is 2.60. The Bertz CT molecular complexity index is 621. The van der Waals surface area contributed by atoms with Gasteiger partial charge in [-0.25, -0.2) is 0 Å². The van der Waals surface area contributed by atoms with Crippen LogP contribution in [0.25, 0.3) is 0 Å². The van der Waals surface area contributed by atoms with Crippen LogP contribution in [0.5, 0.6) is 0 Å². The van der Waals surface area contributed by atoms with Crippen LogP contribution in [0.3, 0.4) is 0 Å². The first-order chi connectivity index (χ1) is 11.3. The van der Waals surface area contributed by atoms with Crippen LogP contribution in [0, 0.1) is 0 Å². The number of pyridine rings is 1. The topological polar surface area (TPSA) is 40.9 Å². The lowest BCUT2D eigenvalue weighted by Gasteiger charge is -2.22. The molecule has 1 heterocycles. The first-order valence-corrected chi connectivity index (χ1v) is 8.35. The summed E-state index contributed by atoms with van der Waals surface area (Å²) in [4.78, 5) is 6.29. The molecular formula is C17H18Cl2N4. The maximum atomic E-state index is 5.82. The second-order valence-electron chi connectivity index (χ2n) is 4.70. The van der Waals surface area contributed by atoms with E-state index in [4.69, 9.17) is 23.2 Å². The number of hydrogen-bond acceptors (Lipinski definition) is 4. The Morgan fingerprint density at radius 1 is 0.913 bits per heavy atom. The molecule has 0 saturated heterocycles. The van der Waals surface area contributed by atoms with E-state index in [9.17, 15) is 0 Å². The second kappa shape index (κ2) is 9.98. The average molecular weight is 349 g/mol. The lowest BCUT2D eigenvalue weighted by atomic mass is 10.2. The van der Waals surface area contributed by atoms with Gasteiger partial charge in [-0.3, -0.25) is 4.98 Å². The third-order valence-corrected chi connectivity index (χ3v) is 3.46. The zero-order valence-electron chi connectivity index (χ0n) is 12.6. The molecule has 2 rings (SSSR count). The molecule has 0 fully saturated rings. The van der Waals surface area contributed by atoms with Crippen LogP contribution in [0.2, 0.25) is 0 Å². The Hall–Kier alpha value is -1.91. The third-order valence-electron chi connectivity index (χ3n) is 3.12. The first-order valence-electron chi connectivity index (χ1n) is 7.28. The first kappa shape index (κ1) is 17.4. The standard InChI is InChI=1S/C17H18Cl2N4/c18-8-11-23(12-9-19)17-6-4-15(5-7-17)13-21-22-14-16-3-1-2-10-20-16/h1-7,10,13-14H,8-9,11-12H2/b21-13+,22-14+. The molecule has 0 unspecified atom stereocenters. The van der Waals surface area contributed by atoms with Crippen LogP contribution in [0.1, 0.15) is 11.3 Å². The van der Waals surface area contributed by atoms with E-state index in [1.165, 1.54) is 0 Å². The molecule has 1 aromatic heterocycles. The van der Waals surface area contributed by atoms with E-state index in [1.54, 1.807) is 18.6 Å². The van der Waals surface area contributed by atoms with Crippen molar-refractivity contribution >= 4 is 41.3 Å². The van der Waals surface area contributed by atoms with Crippen LogP contribution in [0.15, 0.2) is 58.9 Å². The van der Waals surface area contributed by atoms with Crippen molar-refractivity contribution < 1.29 is 0 Å². The zero-order chi connectivity index (χ0) is 16.3. The Morgan fingerprint density at radius 3 is 2.22 bits per heavy atom. The molecular weight excluding hydrogens is 331 g/mol. The van der Waals surface area contributed by atoms with Crippen molar-refractivity contribution in [1.82, 2.24) is 4.98 Å². The van der Waals surface area contributed by atoms with Gasteiger partial charge in [0.05, 0.1) is 18.1 Å². The minimum atomic E-state index is 0.572. The molecule has 0 saturated carbocycles. The molecule has 2 aromatic rings. The Morgan fingerprint density at radius 2 is 1.61 bits per heavy atom. The van der Waals surface area contributed by atoms with E-state index in [-0.39, 0.29) is 0 Å². The number of nitrogens with zero attached hydrogens (tertiary/aromatic N) is 4. The Labute approximate surface area is 146 Å². The number of hydrogen-bond donors (Lipinski definition) is 0. The normalized spacial score (nSPS) is 11.4. The van der Waals surface area contributed by atoms with E-state index >= 15 is 0 Å². The van der Waals surface area contributed by atoms with E-state index < -0.39 is 0 Å². The maximum absolute atomic E-state index is 5.82. The van der Waals surface area contributed by atoms with Crippen molar-refractivity contribution in [3.8, 4) is 0 Å². The summed E-state index contributed by atoms with van der Waals surface area (Å²) >= 11 is 11.6. The summed E-state index contributed by atoms with van der Waals surface area (Å²) in [6.07, 6.45) is 5.04. The predicted molar refractivity (Wildman–Crippen MR) is 99.5 cm³/mol. The monoisotopic (exact) mass is 348 g/mol. The second-order valence-corrected chi connectivity index (χ2v) is 5.46. The smallest absolute Gasteiger partial charge is 0.0831 e. The summed E-state index contributed by atoms with van der Waals surface area (Å²) in [7, 11) is 0. The van der Waals surface area contributed by atoms with Crippen molar-refractivity contribution in [3.63, 3.8) is 0 Å². The van der Waals surface area contributed by atoms with E-state index in [2.05, 4.69) is 20.1 Å². The molecule has 0 spiro atoms. The molecule has 0 amide bonds. The van der Waals surface area contributed by atoms with E-state index in [0.29, 0.717) is 11.8 Å². The van der Waals surface area contributed by atoms with E-state index in [1.807, 2.05) is 42.5 Å². The fourth-order valence-electron chi connectivity index (χ4n) is 1.99. The molecule has 0 aliphatic rings. The molecule has 1 aromatic carbocycles.